The first-order valence-electron chi connectivity index (χ1n) is 5.71. The molecule has 1 aromatic carbocycles. The van der Waals surface area contributed by atoms with Gasteiger partial charge in [-0.1, -0.05) is 25.1 Å². The Bertz CT molecular complexity index is 606. The van der Waals surface area contributed by atoms with E-state index in [0.717, 1.165) is 22.5 Å². The summed E-state index contributed by atoms with van der Waals surface area (Å²) in [5.41, 5.74) is -0.857. The molecule has 0 aliphatic heterocycles. The van der Waals surface area contributed by atoms with E-state index in [-0.39, 0.29) is 18.7 Å². The average Bonchev–Trinajstić information content (AvgIpc) is 2.34. The molecule has 0 aliphatic rings. The summed E-state index contributed by atoms with van der Waals surface area (Å²) in [6, 6.07) is 5.87. The summed E-state index contributed by atoms with van der Waals surface area (Å²) in [6.07, 6.45) is -4.52. The molecule has 0 heterocycles. The Labute approximate surface area is 115 Å². The number of rotatable bonds is 5. The maximum absolute atomic E-state index is 12.5. The predicted molar refractivity (Wildman–Crippen MR) is 66.9 cm³/mol. The first-order valence-corrected chi connectivity index (χ1v) is 7.32. The minimum atomic E-state index is -4.52. The molecule has 1 rings (SSSR count). The summed E-state index contributed by atoms with van der Waals surface area (Å²) in [5.74, 6) is -0.563. The molecule has 0 spiro atoms. The van der Waals surface area contributed by atoms with Gasteiger partial charge in [-0.25, -0.2) is 8.42 Å². The van der Waals surface area contributed by atoms with Gasteiger partial charge in [0.05, 0.1) is 17.4 Å². The summed E-state index contributed by atoms with van der Waals surface area (Å²) >= 11 is 0. The second-order valence-corrected chi connectivity index (χ2v) is 6.01. The van der Waals surface area contributed by atoms with Gasteiger partial charge in [-0.05, 0) is 11.6 Å². The lowest BCUT2D eigenvalue weighted by Crippen LogP contribution is -2.32. The van der Waals surface area contributed by atoms with Crippen LogP contribution in [0.15, 0.2) is 24.3 Å². The van der Waals surface area contributed by atoms with Crippen LogP contribution in [0.25, 0.3) is 0 Å². The molecule has 0 saturated carbocycles. The zero-order valence-electron chi connectivity index (χ0n) is 10.7. The van der Waals surface area contributed by atoms with Gasteiger partial charge in [0.2, 0.25) is 10.0 Å². The van der Waals surface area contributed by atoms with E-state index in [9.17, 15) is 21.6 Å². The van der Waals surface area contributed by atoms with E-state index < -0.39 is 27.5 Å². The van der Waals surface area contributed by atoms with Crippen LogP contribution in [0.3, 0.4) is 0 Å². The SMILES string of the molecule is CCN(CC#N)S(=O)(=O)Cc1cccc(C(F)(F)F)c1. The lowest BCUT2D eigenvalue weighted by atomic mass is 10.1. The third-order valence-corrected chi connectivity index (χ3v) is 4.47. The topological polar surface area (TPSA) is 61.2 Å². The molecule has 0 saturated heterocycles. The average molecular weight is 306 g/mol. The molecular formula is C12H13F3N2O2S. The van der Waals surface area contributed by atoms with E-state index in [1.165, 1.54) is 6.07 Å². The molecule has 0 atom stereocenters. The van der Waals surface area contributed by atoms with Crippen LogP contribution in [0.4, 0.5) is 13.2 Å². The molecule has 4 nitrogen and oxygen atoms in total. The fourth-order valence-electron chi connectivity index (χ4n) is 1.63. The van der Waals surface area contributed by atoms with Gasteiger partial charge in [-0.3, -0.25) is 0 Å². The van der Waals surface area contributed by atoms with Crippen molar-refractivity contribution < 1.29 is 21.6 Å². The normalized spacial score (nSPS) is 12.4. The van der Waals surface area contributed by atoms with Crippen LogP contribution in [0.5, 0.6) is 0 Å². The van der Waals surface area contributed by atoms with E-state index in [1.807, 2.05) is 0 Å². The second kappa shape index (κ2) is 6.24. The molecule has 0 fully saturated rings. The monoisotopic (exact) mass is 306 g/mol. The number of sulfonamides is 1. The highest BCUT2D eigenvalue weighted by Crippen LogP contribution is 2.30. The van der Waals surface area contributed by atoms with Crippen molar-refractivity contribution in [1.82, 2.24) is 4.31 Å². The molecular weight excluding hydrogens is 293 g/mol. The number of nitriles is 1. The van der Waals surface area contributed by atoms with Crippen LogP contribution in [-0.2, 0) is 22.0 Å². The van der Waals surface area contributed by atoms with Gasteiger partial charge in [0.25, 0.3) is 0 Å². The quantitative estimate of drug-likeness (QED) is 0.785. The van der Waals surface area contributed by atoms with E-state index in [4.69, 9.17) is 5.26 Å². The van der Waals surface area contributed by atoms with Crippen molar-refractivity contribution in [3.8, 4) is 6.07 Å². The number of hydrogen-bond donors (Lipinski definition) is 0. The van der Waals surface area contributed by atoms with Crippen molar-refractivity contribution in [1.29, 1.82) is 5.26 Å². The van der Waals surface area contributed by atoms with Gasteiger partial charge in [-0.2, -0.15) is 22.7 Å². The van der Waals surface area contributed by atoms with E-state index >= 15 is 0 Å². The molecule has 0 aliphatic carbocycles. The number of hydrogen-bond acceptors (Lipinski definition) is 3. The molecule has 110 valence electrons. The third kappa shape index (κ3) is 4.21. The smallest absolute Gasteiger partial charge is 0.212 e. The van der Waals surface area contributed by atoms with Crippen molar-refractivity contribution in [2.24, 2.45) is 0 Å². The first kappa shape index (κ1) is 16.5. The Balaban J connectivity index is 3.02. The van der Waals surface area contributed by atoms with Crippen LogP contribution in [0, 0.1) is 11.3 Å². The lowest BCUT2D eigenvalue weighted by molar-refractivity contribution is -0.137. The number of benzene rings is 1. The molecule has 0 bridgehead atoms. The summed E-state index contributed by atoms with van der Waals surface area (Å²) < 4.78 is 62.5. The van der Waals surface area contributed by atoms with Crippen molar-refractivity contribution in [2.45, 2.75) is 18.9 Å². The van der Waals surface area contributed by atoms with Gasteiger partial charge in [0.15, 0.2) is 0 Å². The lowest BCUT2D eigenvalue weighted by Gasteiger charge is -2.17. The Hall–Kier alpha value is -1.59. The molecule has 0 radical (unpaired) electrons. The highest BCUT2D eigenvalue weighted by molar-refractivity contribution is 7.88. The summed E-state index contributed by atoms with van der Waals surface area (Å²) in [6.45, 7) is 1.33. The van der Waals surface area contributed by atoms with Crippen molar-refractivity contribution in [2.75, 3.05) is 13.1 Å². The van der Waals surface area contributed by atoms with E-state index in [1.54, 1.807) is 13.0 Å². The van der Waals surface area contributed by atoms with Crippen molar-refractivity contribution in [3.05, 3.63) is 35.4 Å². The van der Waals surface area contributed by atoms with Crippen LogP contribution in [-0.4, -0.2) is 25.8 Å². The minimum Gasteiger partial charge on any atom is -0.212 e. The Kier molecular flexibility index (Phi) is 5.14. The number of halogens is 3. The zero-order chi connectivity index (χ0) is 15.4. The molecule has 0 N–H and O–H groups in total. The van der Waals surface area contributed by atoms with Gasteiger partial charge >= 0.3 is 6.18 Å². The standard InChI is InChI=1S/C12H13F3N2O2S/c1-2-17(7-6-16)20(18,19)9-10-4-3-5-11(8-10)12(13,14)15/h3-5,8H,2,7,9H2,1H3. The maximum Gasteiger partial charge on any atom is 0.416 e. The van der Waals surface area contributed by atoms with Gasteiger partial charge < -0.3 is 0 Å². The molecule has 0 unspecified atom stereocenters. The summed E-state index contributed by atoms with van der Waals surface area (Å²) in [7, 11) is -3.81. The van der Waals surface area contributed by atoms with E-state index in [0.29, 0.717) is 0 Å². The van der Waals surface area contributed by atoms with E-state index in [2.05, 4.69) is 0 Å². The Morgan fingerprint density at radius 2 is 2.00 bits per heavy atom. The Morgan fingerprint density at radius 3 is 2.50 bits per heavy atom. The van der Waals surface area contributed by atoms with Crippen molar-refractivity contribution >= 4 is 10.0 Å². The Morgan fingerprint density at radius 1 is 1.35 bits per heavy atom. The molecule has 1 aromatic rings. The fourth-order valence-corrected chi connectivity index (χ4v) is 3.06. The summed E-state index contributed by atoms with van der Waals surface area (Å²) in [5, 5.41) is 8.54. The van der Waals surface area contributed by atoms with Crippen LogP contribution >= 0.6 is 0 Å². The molecule has 0 amide bonds. The fraction of sp³-hybridized carbons (Fsp3) is 0.417. The molecule has 20 heavy (non-hydrogen) atoms. The highest BCUT2D eigenvalue weighted by atomic mass is 32.2. The number of nitrogens with zero attached hydrogens (tertiary/aromatic N) is 2. The predicted octanol–water partition coefficient (Wildman–Crippen LogP) is 2.38. The van der Waals surface area contributed by atoms with Gasteiger partial charge in [0, 0.05) is 6.54 Å². The zero-order valence-corrected chi connectivity index (χ0v) is 11.5. The maximum atomic E-state index is 12.5. The first-order chi connectivity index (χ1) is 9.20. The second-order valence-electron chi connectivity index (χ2n) is 4.04. The third-order valence-electron chi connectivity index (χ3n) is 2.60. The van der Waals surface area contributed by atoms with Crippen LogP contribution < -0.4 is 0 Å². The summed E-state index contributed by atoms with van der Waals surface area (Å²) in [4.78, 5) is 0. The number of alkyl halides is 3. The molecule has 0 aromatic heterocycles. The van der Waals surface area contributed by atoms with Gasteiger partial charge in [-0.15, -0.1) is 0 Å². The molecule has 8 heteroatoms. The largest absolute Gasteiger partial charge is 0.416 e. The highest BCUT2D eigenvalue weighted by Gasteiger charge is 2.31. The minimum absolute atomic E-state index is 0.0382. The van der Waals surface area contributed by atoms with Crippen molar-refractivity contribution in [3.63, 3.8) is 0 Å². The van der Waals surface area contributed by atoms with Gasteiger partial charge in [0.1, 0.15) is 6.54 Å². The van der Waals surface area contributed by atoms with Crippen LogP contribution in [0.1, 0.15) is 18.1 Å². The van der Waals surface area contributed by atoms with Crippen LogP contribution in [0.2, 0.25) is 0 Å².